The third-order valence-corrected chi connectivity index (χ3v) is 5.29. The summed E-state index contributed by atoms with van der Waals surface area (Å²) in [4.78, 5) is 0.155. The van der Waals surface area contributed by atoms with E-state index in [4.69, 9.17) is 14.2 Å². The average Bonchev–Trinajstić information content (AvgIpc) is 3.36. The third kappa shape index (κ3) is 4.44. The molecule has 0 aromatic heterocycles. The minimum absolute atomic E-state index is 0.00584. The Morgan fingerprint density at radius 1 is 1.25 bits per heavy atom. The molecule has 0 amide bonds. The molecule has 0 spiro atoms. The van der Waals surface area contributed by atoms with Gasteiger partial charge in [-0.15, -0.1) is 0 Å². The molecule has 0 aromatic carbocycles. The first kappa shape index (κ1) is 18.0. The number of halogens is 1. The fourth-order valence-corrected chi connectivity index (χ4v) is 3.46. The summed E-state index contributed by atoms with van der Waals surface area (Å²) in [5.74, 6) is 1.39. The number of hydrogen-bond donors (Lipinski definition) is 1. The SMILES string of the molecule is COCCCOC1C=C2OC(C(C)C)C=C(NC3CC3)C2=CC1Br. The van der Waals surface area contributed by atoms with Crippen LogP contribution in [0.4, 0.5) is 0 Å². The van der Waals surface area contributed by atoms with Crippen molar-refractivity contribution in [2.75, 3.05) is 20.3 Å². The van der Waals surface area contributed by atoms with E-state index >= 15 is 0 Å². The van der Waals surface area contributed by atoms with Crippen LogP contribution < -0.4 is 5.32 Å². The zero-order valence-electron chi connectivity index (χ0n) is 14.8. The molecule has 24 heavy (non-hydrogen) atoms. The van der Waals surface area contributed by atoms with Crippen molar-refractivity contribution in [3.8, 4) is 0 Å². The second-order valence-corrected chi connectivity index (χ2v) is 8.12. The van der Waals surface area contributed by atoms with E-state index in [1.54, 1.807) is 7.11 Å². The maximum absolute atomic E-state index is 6.24. The lowest BCUT2D eigenvalue weighted by molar-refractivity contribution is 0.0606. The fraction of sp³-hybridized carbons (Fsp3) is 0.684. The quantitative estimate of drug-likeness (QED) is 0.500. The van der Waals surface area contributed by atoms with Crippen LogP contribution in [0.3, 0.4) is 0 Å². The summed E-state index contributed by atoms with van der Waals surface area (Å²) in [6.07, 6.45) is 10.1. The average molecular weight is 398 g/mol. The molecule has 1 heterocycles. The van der Waals surface area contributed by atoms with E-state index in [2.05, 4.69) is 53.3 Å². The Bertz CT molecular complexity index is 537. The lowest BCUT2D eigenvalue weighted by Gasteiger charge is -2.34. The van der Waals surface area contributed by atoms with Crippen LogP contribution >= 0.6 is 15.9 Å². The molecule has 1 saturated carbocycles. The minimum atomic E-state index is -0.00584. The van der Waals surface area contributed by atoms with Gasteiger partial charge in [0.15, 0.2) is 0 Å². The minimum Gasteiger partial charge on any atom is -0.486 e. The highest BCUT2D eigenvalue weighted by atomic mass is 79.9. The van der Waals surface area contributed by atoms with Crippen molar-refractivity contribution in [1.29, 1.82) is 0 Å². The van der Waals surface area contributed by atoms with Crippen LogP contribution in [0, 0.1) is 5.92 Å². The molecule has 5 heteroatoms. The topological polar surface area (TPSA) is 39.7 Å². The molecule has 1 N–H and O–H groups in total. The van der Waals surface area contributed by atoms with E-state index in [1.807, 2.05) is 0 Å². The molecule has 0 saturated heterocycles. The zero-order chi connectivity index (χ0) is 17.1. The highest BCUT2D eigenvalue weighted by Gasteiger charge is 2.34. The van der Waals surface area contributed by atoms with E-state index in [9.17, 15) is 0 Å². The Kier molecular flexibility index (Phi) is 6.06. The highest BCUT2D eigenvalue weighted by Crippen LogP contribution is 2.37. The second-order valence-electron chi connectivity index (χ2n) is 7.06. The number of alkyl halides is 1. The van der Waals surface area contributed by atoms with Crippen molar-refractivity contribution in [3.63, 3.8) is 0 Å². The van der Waals surface area contributed by atoms with Crippen LogP contribution in [-0.2, 0) is 14.2 Å². The van der Waals surface area contributed by atoms with Crippen LogP contribution in [0.25, 0.3) is 0 Å². The molecule has 2 aliphatic carbocycles. The van der Waals surface area contributed by atoms with Gasteiger partial charge in [0.05, 0.1) is 10.9 Å². The lowest BCUT2D eigenvalue weighted by Crippen LogP contribution is -2.34. The maximum atomic E-state index is 6.24. The molecule has 3 atom stereocenters. The second kappa shape index (κ2) is 8.07. The molecule has 3 aliphatic rings. The monoisotopic (exact) mass is 397 g/mol. The van der Waals surface area contributed by atoms with Crippen LogP contribution in [0.5, 0.6) is 0 Å². The van der Waals surface area contributed by atoms with Crippen molar-refractivity contribution in [2.24, 2.45) is 5.92 Å². The molecule has 134 valence electrons. The predicted octanol–water partition coefficient (Wildman–Crippen LogP) is 3.69. The number of rotatable bonds is 8. The Labute approximate surface area is 153 Å². The van der Waals surface area contributed by atoms with Gasteiger partial charge in [0.1, 0.15) is 11.9 Å². The van der Waals surface area contributed by atoms with Crippen molar-refractivity contribution in [1.82, 2.24) is 5.32 Å². The van der Waals surface area contributed by atoms with Gasteiger partial charge in [-0.1, -0.05) is 35.9 Å². The molecule has 4 nitrogen and oxygen atoms in total. The van der Waals surface area contributed by atoms with Gasteiger partial charge >= 0.3 is 0 Å². The Balaban J connectivity index is 1.73. The van der Waals surface area contributed by atoms with E-state index in [0.717, 1.165) is 24.4 Å². The number of ether oxygens (including phenoxy) is 3. The summed E-state index contributed by atoms with van der Waals surface area (Å²) in [5.41, 5.74) is 2.38. The van der Waals surface area contributed by atoms with Gasteiger partial charge in [0.25, 0.3) is 0 Å². The highest BCUT2D eigenvalue weighted by molar-refractivity contribution is 9.09. The third-order valence-electron chi connectivity index (χ3n) is 4.50. The predicted molar refractivity (Wildman–Crippen MR) is 99.1 cm³/mol. The summed E-state index contributed by atoms with van der Waals surface area (Å²) < 4.78 is 17.3. The summed E-state index contributed by atoms with van der Waals surface area (Å²) in [5, 5.41) is 3.67. The summed E-state index contributed by atoms with van der Waals surface area (Å²) in [6, 6.07) is 0.626. The van der Waals surface area contributed by atoms with E-state index in [0.29, 0.717) is 18.6 Å². The molecule has 3 unspecified atom stereocenters. The molecule has 0 bridgehead atoms. The normalized spacial score (nSPS) is 29.4. The summed E-state index contributed by atoms with van der Waals surface area (Å²) in [7, 11) is 1.72. The molecule has 0 radical (unpaired) electrons. The molecule has 3 rings (SSSR count). The number of nitrogens with one attached hydrogen (secondary N) is 1. The summed E-state index contributed by atoms with van der Waals surface area (Å²) >= 11 is 3.75. The number of hydrogen-bond acceptors (Lipinski definition) is 4. The van der Waals surface area contributed by atoms with Gasteiger partial charge in [-0.3, -0.25) is 0 Å². The number of methoxy groups -OCH3 is 1. The van der Waals surface area contributed by atoms with Gasteiger partial charge in [-0.25, -0.2) is 0 Å². The fourth-order valence-electron chi connectivity index (χ4n) is 2.89. The molecule has 1 fully saturated rings. The zero-order valence-corrected chi connectivity index (χ0v) is 16.3. The van der Waals surface area contributed by atoms with Crippen LogP contribution in [0.15, 0.2) is 35.3 Å². The van der Waals surface area contributed by atoms with Crippen LogP contribution in [-0.4, -0.2) is 43.4 Å². The largest absolute Gasteiger partial charge is 0.486 e. The van der Waals surface area contributed by atoms with E-state index in [-0.39, 0.29) is 17.0 Å². The van der Waals surface area contributed by atoms with Gasteiger partial charge in [0.2, 0.25) is 0 Å². The Morgan fingerprint density at radius 3 is 2.71 bits per heavy atom. The van der Waals surface area contributed by atoms with Gasteiger partial charge < -0.3 is 19.5 Å². The van der Waals surface area contributed by atoms with Gasteiger partial charge in [-0.05, 0) is 37.3 Å². The first-order valence-electron chi connectivity index (χ1n) is 8.92. The maximum Gasteiger partial charge on any atom is 0.127 e. The van der Waals surface area contributed by atoms with Crippen LogP contribution in [0.1, 0.15) is 33.1 Å². The van der Waals surface area contributed by atoms with Gasteiger partial charge in [0, 0.05) is 37.6 Å². The van der Waals surface area contributed by atoms with Gasteiger partial charge in [-0.2, -0.15) is 0 Å². The molecular weight excluding hydrogens is 370 g/mol. The summed E-state index contributed by atoms with van der Waals surface area (Å²) in [6.45, 7) is 5.80. The van der Waals surface area contributed by atoms with Crippen molar-refractivity contribution in [2.45, 2.75) is 56.2 Å². The molecule has 0 aromatic rings. The first-order chi connectivity index (χ1) is 11.6. The van der Waals surface area contributed by atoms with E-state index in [1.165, 1.54) is 18.5 Å². The first-order valence-corrected chi connectivity index (χ1v) is 9.84. The smallest absolute Gasteiger partial charge is 0.127 e. The molecule has 1 aliphatic heterocycles. The standard InChI is InChI=1S/C19H28BrNO3/c1-12(2)17-10-16(21-13-5-6-13)14-9-15(20)19(11-18(14)24-17)23-8-4-7-22-3/h9-13,15,17,19,21H,4-8H2,1-3H3. The van der Waals surface area contributed by atoms with Crippen molar-refractivity contribution >= 4 is 15.9 Å². The van der Waals surface area contributed by atoms with Crippen LogP contribution in [0.2, 0.25) is 0 Å². The Morgan fingerprint density at radius 2 is 2.04 bits per heavy atom. The van der Waals surface area contributed by atoms with Crippen molar-refractivity contribution in [3.05, 3.63) is 35.3 Å². The Hall–Kier alpha value is -0.780. The van der Waals surface area contributed by atoms with Crippen molar-refractivity contribution < 1.29 is 14.2 Å². The van der Waals surface area contributed by atoms with E-state index < -0.39 is 0 Å². The lowest BCUT2D eigenvalue weighted by atomic mass is 9.94. The molecular formula is C19H28BrNO3. The number of fused-ring (bicyclic) bond motifs is 1.